The van der Waals surface area contributed by atoms with Crippen LogP contribution in [-0.4, -0.2) is 37.8 Å². The van der Waals surface area contributed by atoms with Crippen LogP contribution in [0.1, 0.15) is 13.3 Å². The van der Waals surface area contributed by atoms with Gasteiger partial charge in [-0.1, -0.05) is 12.1 Å². The standard InChI is InChI=1S/C15H20N2O3/c1-10-11(6-7-19-10)8-17-15(18)14-9-16-12-4-2-3-5-13(12)20-14/h2-5,10-11,14,16H,6-9H2,1H3,(H,17,18). The normalized spacial score (nSPS) is 28.1. The van der Waals surface area contributed by atoms with E-state index in [-0.39, 0.29) is 12.0 Å². The third-order valence-corrected chi connectivity index (χ3v) is 4.00. The minimum Gasteiger partial charge on any atom is -0.477 e. The molecule has 5 nitrogen and oxygen atoms in total. The van der Waals surface area contributed by atoms with Crippen LogP contribution in [0.4, 0.5) is 5.69 Å². The summed E-state index contributed by atoms with van der Waals surface area (Å²) in [6.45, 7) is 4.00. The molecule has 2 N–H and O–H groups in total. The van der Waals surface area contributed by atoms with Crippen LogP contribution in [0.5, 0.6) is 5.75 Å². The van der Waals surface area contributed by atoms with Gasteiger partial charge in [0.05, 0.1) is 18.3 Å². The first-order chi connectivity index (χ1) is 9.74. The van der Waals surface area contributed by atoms with E-state index in [0.717, 1.165) is 24.5 Å². The summed E-state index contributed by atoms with van der Waals surface area (Å²) >= 11 is 0. The Morgan fingerprint density at radius 3 is 3.10 bits per heavy atom. The lowest BCUT2D eigenvalue weighted by molar-refractivity contribution is -0.127. The molecule has 0 bridgehead atoms. The van der Waals surface area contributed by atoms with E-state index in [2.05, 4.69) is 17.6 Å². The van der Waals surface area contributed by atoms with Gasteiger partial charge >= 0.3 is 0 Å². The van der Waals surface area contributed by atoms with Crippen molar-refractivity contribution >= 4 is 11.6 Å². The summed E-state index contributed by atoms with van der Waals surface area (Å²) < 4.78 is 11.2. The second-order valence-corrected chi connectivity index (χ2v) is 5.35. The maximum atomic E-state index is 12.2. The van der Waals surface area contributed by atoms with Crippen molar-refractivity contribution in [2.24, 2.45) is 5.92 Å². The first kappa shape index (κ1) is 13.2. The first-order valence-electron chi connectivity index (χ1n) is 7.13. The van der Waals surface area contributed by atoms with Gasteiger partial charge in [0, 0.05) is 19.1 Å². The number of anilines is 1. The van der Waals surface area contributed by atoms with Crippen LogP contribution < -0.4 is 15.4 Å². The number of benzene rings is 1. The summed E-state index contributed by atoms with van der Waals surface area (Å²) in [5.41, 5.74) is 0.939. The number of fused-ring (bicyclic) bond motifs is 1. The molecule has 5 heteroatoms. The minimum atomic E-state index is -0.470. The van der Waals surface area contributed by atoms with Gasteiger partial charge in [-0.2, -0.15) is 0 Å². The maximum absolute atomic E-state index is 12.2. The highest BCUT2D eigenvalue weighted by molar-refractivity contribution is 5.83. The summed E-state index contributed by atoms with van der Waals surface area (Å²) in [6, 6.07) is 7.66. The van der Waals surface area contributed by atoms with Crippen LogP contribution in [0.25, 0.3) is 0 Å². The van der Waals surface area contributed by atoms with E-state index in [9.17, 15) is 4.79 Å². The van der Waals surface area contributed by atoms with Gasteiger partial charge in [0.25, 0.3) is 5.91 Å². The highest BCUT2D eigenvalue weighted by atomic mass is 16.5. The van der Waals surface area contributed by atoms with Crippen LogP contribution in [0.2, 0.25) is 0 Å². The molecule has 0 spiro atoms. The number of ether oxygens (including phenoxy) is 2. The average molecular weight is 276 g/mol. The Balaban J connectivity index is 1.54. The molecule has 0 saturated carbocycles. The van der Waals surface area contributed by atoms with Crippen molar-refractivity contribution in [1.82, 2.24) is 5.32 Å². The van der Waals surface area contributed by atoms with E-state index in [1.807, 2.05) is 24.3 Å². The number of carbonyl (C=O) groups is 1. The molecule has 2 aliphatic heterocycles. The molecule has 1 aromatic carbocycles. The molecular formula is C15H20N2O3. The Morgan fingerprint density at radius 2 is 2.30 bits per heavy atom. The van der Waals surface area contributed by atoms with E-state index < -0.39 is 6.10 Å². The molecule has 1 aromatic rings. The largest absolute Gasteiger partial charge is 0.477 e. The van der Waals surface area contributed by atoms with Crippen LogP contribution >= 0.6 is 0 Å². The van der Waals surface area contributed by atoms with Crippen molar-refractivity contribution in [2.75, 3.05) is 25.0 Å². The predicted molar refractivity (Wildman–Crippen MR) is 75.9 cm³/mol. The van der Waals surface area contributed by atoms with Gasteiger partial charge in [0.2, 0.25) is 0 Å². The Labute approximate surface area is 118 Å². The van der Waals surface area contributed by atoms with Crippen LogP contribution in [0.3, 0.4) is 0 Å². The summed E-state index contributed by atoms with van der Waals surface area (Å²) in [6.07, 6.45) is 0.762. The smallest absolute Gasteiger partial charge is 0.262 e. The first-order valence-corrected chi connectivity index (χ1v) is 7.13. The fourth-order valence-electron chi connectivity index (χ4n) is 2.65. The molecule has 3 rings (SSSR count). The lowest BCUT2D eigenvalue weighted by Crippen LogP contribution is -2.46. The summed E-state index contributed by atoms with van der Waals surface area (Å²) in [5, 5.41) is 6.19. The van der Waals surface area contributed by atoms with Gasteiger partial charge in [-0.3, -0.25) is 4.79 Å². The number of hydrogen-bond donors (Lipinski definition) is 2. The molecule has 1 fully saturated rings. The van der Waals surface area contributed by atoms with Crippen molar-refractivity contribution in [3.63, 3.8) is 0 Å². The fourth-order valence-corrected chi connectivity index (χ4v) is 2.65. The Hall–Kier alpha value is -1.75. The van der Waals surface area contributed by atoms with E-state index in [1.54, 1.807) is 0 Å². The van der Waals surface area contributed by atoms with E-state index in [0.29, 0.717) is 19.0 Å². The highest BCUT2D eigenvalue weighted by Gasteiger charge is 2.28. The molecule has 0 aromatic heterocycles. The Kier molecular flexibility index (Phi) is 3.78. The van der Waals surface area contributed by atoms with E-state index in [4.69, 9.17) is 9.47 Å². The number of hydrogen-bond acceptors (Lipinski definition) is 4. The third kappa shape index (κ3) is 2.72. The van der Waals surface area contributed by atoms with Crippen LogP contribution in [-0.2, 0) is 9.53 Å². The summed E-state index contributed by atoms with van der Waals surface area (Å²) in [5.74, 6) is 1.07. The molecule has 2 aliphatic rings. The van der Waals surface area contributed by atoms with Gasteiger partial charge in [-0.25, -0.2) is 0 Å². The van der Waals surface area contributed by atoms with Gasteiger partial charge in [0.1, 0.15) is 5.75 Å². The molecule has 3 atom stereocenters. The zero-order chi connectivity index (χ0) is 13.9. The van der Waals surface area contributed by atoms with Gasteiger partial charge in [-0.05, 0) is 25.5 Å². The maximum Gasteiger partial charge on any atom is 0.262 e. The van der Waals surface area contributed by atoms with E-state index >= 15 is 0 Å². The lowest BCUT2D eigenvalue weighted by Gasteiger charge is -2.27. The second-order valence-electron chi connectivity index (χ2n) is 5.35. The number of carbonyl (C=O) groups excluding carboxylic acids is 1. The summed E-state index contributed by atoms with van der Waals surface area (Å²) in [4.78, 5) is 12.2. The molecule has 0 radical (unpaired) electrons. The number of amides is 1. The van der Waals surface area contributed by atoms with Gasteiger partial charge < -0.3 is 20.1 Å². The zero-order valence-electron chi connectivity index (χ0n) is 11.6. The Bertz CT molecular complexity index is 492. The number of para-hydroxylation sites is 2. The number of nitrogens with one attached hydrogen (secondary N) is 2. The van der Waals surface area contributed by atoms with Crippen LogP contribution in [0, 0.1) is 5.92 Å². The van der Waals surface area contributed by atoms with Crippen molar-refractivity contribution in [1.29, 1.82) is 0 Å². The van der Waals surface area contributed by atoms with E-state index in [1.165, 1.54) is 0 Å². The Morgan fingerprint density at radius 1 is 1.45 bits per heavy atom. The molecular weight excluding hydrogens is 256 g/mol. The minimum absolute atomic E-state index is 0.0638. The van der Waals surface area contributed by atoms with Crippen molar-refractivity contribution in [3.8, 4) is 5.75 Å². The second kappa shape index (κ2) is 5.71. The molecule has 3 unspecified atom stereocenters. The molecule has 20 heavy (non-hydrogen) atoms. The van der Waals surface area contributed by atoms with Crippen LogP contribution in [0.15, 0.2) is 24.3 Å². The number of rotatable bonds is 3. The quantitative estimate of drug-likeness (QED) is 0.876. The molecule has 108 valence electrons. The fraction of sp³-hybridized carbons (Fsp3) is 0.533. The zero-order valence-corrected chi connectivity index (χ0v) is 11.6. The van der Waals surface area contributed by atoms with Crippen molar-refractivity contribution in [3.05, 3.63) is 24.3 Å². The monoisotopic (exact) mass is 276 g/mol. The topological polar surface area (TPSA) is 59.6 Å². The van der Waals surface area contributed by atoms with Crippen molar-refractivity contribution in [2.45, 2.75) is 25.6 Å². The summed E-state index contributed by atoms with van der Waals surface area (Å²) in [7, 11) is 0. The lowest BCUT2D eigenvalue weighted by atomic mass is 10.0. The molecule has 1 saturated heterocycles. The third-order valence-electron chi connectivity index (χ3n) is 4.00. The van der Waals surface area contributed by atoms with Gasteiger partial charge in [-0.15, -0.1) is 0 Å². The average Bonchev–Trinajstić information content (AvgIpc) is 2.89. The van der Waals surface area contributed by atoms with Crippen molar-refractivity contribution < 1.29 is 14.3 Å². The molecule has 0 aliphatic carbocycles. The molecule has 2 heterocycles. The predicted octanol–water partition coefficient (Wildman–Crippen LogP) is 1.40. The molecule has 1 amide bonds. The van der Waals surface area contributed by atoms with Gasteiger partial charge in [0.15, 0.2) is 6.10 Å². The highest BCUT2D eigenvalue weighted by Crippen LogP contribution is 2.28. The SMILES string of the molecule is CC1OCCC1CNC(=O)C1CNc2ccccc2O1.